The number of unbranched alkanes of at least 4 members (excludes halogenated alkanes) is 2. The first kappa shape index (κ1) is 34.8. The zero-order chi connectivity index (χ0) is 34.2. The van der Waals surface area contributed by atoms with Gasteiger partial charge in [-0.05, 0) is 81.3 Å². The lowest BCUT2D eigenvalue weighted by Gasteiger charge is -2.32. The highest BCUT2D eigenvalue weighted by atomic mass is 32.1. The molecular weight excluding hydrogens is 629 g/mol. The molecule has 4 aromatic rings. The highest BCUT2D eigenvalue weighted by Crippen LogP contribution is 2.32. The van der Waals surface area contributed by atoms with Crippen LogP contribution in [0.3, 0.4) is 0 Å². The Morgan fingerprint density at radius 3 is 2.54 bits per heavy atom. The molecule has 0 aliphatic carbocycles. The van der Waals surface area contributed by atoms with Crippen molar-refractivity contribution in [2.24, 2.45) is 0 Å². The SMILES string of the molecule is COc1cc(C(=O)N(C)c2ccc(C)cc2OCCCCCC(=O)N2CCN(C)CC2)ccc1NC(=O)c1cccc2[nH]c(CS)nc12. The van der Waals surface area contributed by atoms with Gasteiger partial charge in [-0.2, -0.15) is 12.6 Å². The van der Waals surface area contributed by atoms with Crippen molar-refractivity contribution in [3.63, 3.8) is 0 Å². The number of nitrogens with one attached hydrogen (secondary N) is 2. The van der Waals surface area contributed by atoms with Crippen LogP contribution in [0.5, 0.6) is 11.5 Å². The molecule has 1 aliphatic rings. The van der Waals surface area contributed by atoms with Crippen molar-refractivity contribution >= 4 is 52.8 Å². The zero-order valence-corrected chi connectivity index (χ0v) is 28.9. The van der Waals surface area contributed by atoms with Crippen molar-refractivity contribution in [3.05, 3.63) is 77.1 Å². The lowest BCUT2D eigenvalue weighted by molar-refractivity contribution is -0.132. The van der Waals surface area contributed by atoms with E-state index >= 15 is 0 Å². The van der Waals surface area contributed by atoms with E-state index in [1.165, 1.54) is 7.11 Å². The minimum Gasteiger partial charge on any atom is -0.495 e. The number of aromatic nitrogens is 2. The molecule has 254 valence electrons. The number of methoxy groups -OCH3 is 1. The average Bonchev–Trinajstić information content (AvgIpc) is 3.53. The fourth-order valence-electron chi connectivity index (χ4n) is 5.73. The van der Waals surface area contributed by atoms with E-state index in [4.69, 9.17) is 9.47 Å². The van der Waals surface area contributed by atoms with Gasteiger partial charge in [-0.1, -0.05) is 12.1 Å². The van der Waals surface area contributed by atoms with E-state index in [1.54, 1.807) is 42.3 Å². The Morgan fingerprint density at radius 1 is 1.00 bits per heavy atom. The van der Waals surface area contributed by atoms with Crippen molar-refractivity contribution < 1.29 is 23.9 Å². The predicted molar refractivity (Wildman–Crippen MR) is 192 cm³/mol. The number of hydrogen-bond acceptors (Lipinski definition) is 8. The Labute approximate surface area is 287 Å². The van der Waals surface area contributed by atoms with E-state index in [0.717, 1.165) is 56.5 Å². The van der Waals surface area contributed by atoms with Crippen LogP contribution in [0.1, 0.15) is 57.8 Å². The fraction of sp³-hybridized carbons (Fsp3) is 0.389. The number of aromatic amines is 1. The number of fused-ring (bicyclic) bond motifs is 1. The predicted octanol–water partition coefficient (Wildman–Crippen LogP) is 5.55. The molecule has 48 heavy (non-hydrogen) atoms. The number of thiol groups is 1. The third kappa shape index (κ3) is 8.29. The molecule has 2 N–H and O–H groups in total. The van der Waals surface area contributed by atoms with E-state index in [0.29, 0.717) is 64.1 Å². The molecular formula is C36H44N6O5S. The molecule has 3 aromatic carbocycles. The summed E-state index contributed by atoms with van der Waals surface area (Å²) in [5.41, 5.74) is 4.17. The standard InChI is InChI=1S/C36H44N6O5S/c1-24-12-15-29(31(21-24)47-20-7-5-6-11-33(43)42-18-16-40(2)17-19-42)41(3)36(45)25-13-14-27(30(22-25)46-4)38-35(44)26-9-8-10-28-34(26)39-32(23-48)37-28/h8-10,12-15,21-22,48H,5-7,11,16-20,23H2,1-4H3,(H,37,39)(H,38,44). The summed E-state index contributed by atoms with van der Waals surface area (Å²) >= 11 is 4.27. The van der Waals surface area contributed by atoms with E-state index in [2.05, 4.69) is 39.9 Å². The van der Waals surface area contributed by atoms with Crippen LogP contribution in [0, 0.1) is 6.92 Å². The molecule has 11 nitrogen and oxygen atoms in total. The summed E-state index contributed by atoms with van der Waals surface area (Å²) in [4.78, 5) is 52.9. The summed E-state index contributed by atoms with van der Waals surface area (Å²) in [6.45, 7) is 5.91. The van der Waals surface area contributed by atoms with E-state index in [-0.39, 0.29) is 17.7 Å². The second-order valence-electron chi connectivity index (χ2n) is 12.1. The molecule has 0 spiro atoms. The van der Waals surface area contributed by atoms with Crippen molar-refractivity contribution in [1.29, 1.82) is 0 Å². The Hall–Kier alpha value is -4.55. The molecule has 0 radical (unpaired) electrons. The van der Waals surface area contributed by atoms with Crippen molar-refractivity contribution in [1.82, 2.24) is 19.8 Å². The largest absolute Gasteiger partial charge is 0.495 e. The van der Waals surface area contributed by atoms with Crippen LogP contribution in [0.25, 0.3) is 11.0 Å². The molecule has 1 aromatic heterocycles. The molecule has 1 fully saturated rings. The third-order valence-electron chi connectivity index (χ3n) is 8.58. The Bertz CT molecular complexity index is 1770. The third-order valence-corrected chi connectivity index (χ3v) is 8.88. The minimum atomic E-state index is -0.351. The van der Waals surface area contributed by atoms with E-state index in [1.807, 2.05) is 36.1 Å². The number of carbonyl (C=O) groups excluding carboxylic acids is 3. The molecule has 5 rings (SSSR count). The maximum absolute atomic E-state index is 13.7. The number of benzene rings is 3. The molecule has 1 aliphatic heterocycles. The van der Waals surface area contributed by atoms with Gasteiger partial charge in [0.05, 0.1) is 36.2 Å². The maximum Gasteiger partial charge on any atom is 0.258 e. The summed E-state index contributed by atoms with van der Waals surface area (Å²) in [5.74, 6) is 1.67. The van der Waals surface area contributed by atoms with Crippen LogP contribution >= 0.6 is 12.6 Å². The number of likely N-dealkylation sites (N-methyl/N-ethyl adjacent to an activating group) is 1. The second kappa shape index (κ2) is 16.0. The van der Waals surface area contributed by atoms with Crippen molar-refractivity contribution in [2.75, 3.05) is 64.2 Å². The molecule has 0 bridgehead atoms. The zero-order valence-electron chi connectivity index (χ0n) is 28.0. The van der Waals surface area contributed by atoms with Gasteiger partial charge in [-0.25, -0.2) is 4.98 Å². The topological polar surface area (TPSA) is 120 Å². The number of anilines is 2. The van der Waals surface area contributed by atoms with Gasteiger partial charge in [0.15, 0.2) is 0 Å². The fourth-order valence-corrected chi connectivity index (χ4v) is 5.88. The van der Waals surface area contributed by atoms with Gasteiger partial charge in [0.25, 0.3) is 11.8 Å². The molecule has 1 saturated heterocycles. The van der Waals surface area contributed by atoms with Gasteiger partial charge in [0.2, 0.25) is 5.91 Å². The molecule has 12 heteroatoms. The summed E-state index contributed by atoms with van der Waals surface area (Å²) in [7, 11) is 5.28. The number of aryl methyl sites for hydroxylation is 1. The molecule has 0 atom stereocenters. The van der Waals surface area contributed by atoms with Crippen LogP contribution in [0.2, 0.25) is 0 Å². The van der Waals surface area contributed by atoms with Gasteiger partial charge >= 0.3 is 0 Å². The minimum absolute atomic E-state index is 0.229. The number of nitrogens with zero attached hydrogens (tertiary/aromatic N) is 4. The maximum atomic E-state index is 13.7. The summed E-state index contributed by atoms with van der Waals surface area (Å²) in [5, 5.41) is 2.90. The van der Waals surface area contributed by atoms with Gasteiger partial charge in [-0.3, -0.25) is 14.4 Å². The highest BCUT2D eigenvalue weighted by molar-refractivity contribution is 7.79. The second-order valence-corrected chi connectivity index (χ2v) is 12.4. The van der Waals surface area contributed by atoms with E-state index < -0.39 is 0 Å². The number of para-hydroxylation sites is 1. The van der Waals surface area contributed by atoms with Crippen LogP contribution in [-0.2, 0) is 10.5 Å². The Balaban J connectivity index is 1.19. The summed E-state index contributed by atoms with van der Waals surface area (Å²) < 4.78 is 11.7. The van der Waals surface area contributed by atoms with Crippen LogP contribution < -0.4 is 19.7 Å². The smallest absolute Gasteiger partial charge is 0.258 e. The number of hydrogen-bond donors (Lipinski definition) is 3. The molecule has 2 heterocycles. The molecule has 0 unspecified atom stereocenters. The number of imidazole rings is 1. The van der Waals surface area contributed by atoms with Crippen molar-refractivity contribution in [3.8, 4) is 11.5 Å². The number of rotatable bonds is 13. The Kier molecular flexibility index (Phi) is 11.6. The molecule has 0 saturated carbocycles. The number of H-pyrrole nitrogens is 1. The van der Waals surface area contributed by atoms with Gasteiger partial charge in [0.1, 0.15) is 22.8 Å². The summed E-state index contributed by atoms with van der Waals surface area (Å²) in [6, 6.07) is 16.0. The first-order valence-electron chi connectivity index (χ1n) is 16.2. The number of piperazine rings is 1. The van der Waals surface area contributed by atoms with E-state index in [9.17, 15) is 14.4 Å². The first-order valence-corrected chi connectivity index (χ1v) is 16.9. The Morgan fingerprint density at radius 2 is 1.79 bits per heavy atom. The van der Waals surface area contributed by atoms with Gasteiger partial charge < -0.3 is 34.5 Å². The van der Waals surface area contributed by atoms with Gasteiger partial charge in [-0.15, -0.1) is 0 Å². The lowest BCUT2D eigenvalue weighted by Crippen LogP contribution is -2.47. The monoisotopic (exact) mass is 672 g/mol. The van der Waals surface area contributed by atoms with Crippen LogP contribution in [0.4, 0.5) is 11.4 Å². The first-order chi connectivity index (χ1) is 23.2. The highest BCUT2D eigenvalue weighted by Gasteiger charge is 2.22. The van der Waals surface area contributed by atoms with Crippen molar-refractivity contribution in [2.45, 2.75) is 38.4 Å². The van der Waals surface area contributed by atoms with Crippen LogP contribution in [-0.4, -0.2) is 91.5 Å². The number of ether oxygens (including phenoxy) is 2. The van der Waals surface area contributed by atoms with Crippen LogP contribution in [0.15, 0.2) is 54.6 Å². The number of carbonyl (C=O) groups is 3. The number of amides is 3. The normalized spacial score (nSPS) is 13.4. The average molecular weight is 673 g/mol. The quantitative estimate of drug-likeness (QED) is 0.126. The molecule has 3 amide bonds. The summed E-state index contributed by atoms with van der Waals surface area (Å²) in [6.07, 6.45) is 3.06. The lowest BCUT2D eigenvalue weighted by atomic mass is 10.1. The van der Waals surface area contributed by atoms with Gasteiger partial charge in [0, 0.05) is 51.0 Å².